The predicted molar refractivity (Wildman–Crippen MR) is 84.1 cm³/mol. The van der Waals surface area contributed by atoms with E-state index in [1.165, 1.54) is 0 Å². The summed E-state index contributed by atoms with van der Waals surface area (Å²) in [6.07, 6.45) is 7.19. The van der Waals surface area contributed by atoms with Gasteiger partial charge in [-0.3, -0.25) is 4.79 Å². The SMILES string of the molecule is O=C(CCSCc1c(Cl)cccc1Cl)C1=CC=CC1. The van der Waals surface area contributed by atoms with Crippen LogP contribution in [0, 0.1) is 0 Å². The highest BCUT2D eigenvalue weighted by Gasteiger charge is 2.10. The van der Waals surface area contributed by atoms with Crippen molar-refractivity contribution in [2.75, 3.05) is 5.75 Å². The lowest BCUT2D eigenvalue weighted by molar-refractivity contribution is -0.115. The van der Waals surface area contributed by atoms with Gasteiger partial charge in [0.05, 0.1) is 0 Å². The molecule has 1 aromatic carbocycles. The van der Waals surface area contributed by atoms with E-state index in [2.05, 4.69) is 0 Å². The van der Waals surface area contributed by atoms with Crippen molar-refractivity contribution in [3.8, 4) is 0 Å². The van der Waals surface area contributed by atoms with Crippen LogP contribution in [0.5, 0.6) is 0 Å². The van der Waals surface area contributed by atoms with Crippen molar-refractivity contribution in [3.63, 3.8) is 0 Å². The number of benzene rings is 1. The summed E-state index contributed by atoms with van der Waals surface area (Å²) in [5, 5.41) is 1.38. The van der Waals surface area contributed by atoms with Gasteiger partial charge in [-0.25, -0.2) is 0 Å². The Kier molecular flexibility index (Phi) is 5.56. The molecule has 0 spiro atoms. The number of hydrogen-bond acceptors (Lipinski definition) is 2. The first-order chi connectivity index (χ1) is 9.18. The van der Waals surface area contributed by atoms with Crippen molar-refractivity contribution in [1.29, 1.82) is 0 Å². The summed E-state index contributed by atoms with van der Waals surface area (Å²) in [5.41, 5.74) is 1.86. The molecule has 1 aromatic rings. The normalized spacial score (nSPS) is 13.7. The highest BCUT2D eigenvalue weighted by Crippen LogP contribution is 2.28. The van der Waals surface area contributed by atoms with Crippen LogP contribution in [-0.2, 0) is 10.5 Å². The van der Waals surface area contributed by atoms with E-state index in [9.17, 15) is 4.79 Å². The Morgan fingerprint density at radius 3 is 2.63 bits per heavy atom. The van der Waals surface area contributed by atoms with Crippen molar-refractivity contribution >= 4 is 40.7 Å². The molecular weight excluding hydrogens is 299 g/mol. The molecule has 0 fully saturated rings. The summed E-state index contributed by atoms with van der Waals surface area (Å²) >= 11 is 13.9. The van der Waals surface area contributed by atoms with Gasteiger partial charge in [0.25, 0.3) is 0 Å². The average Bonchev–Trinajstić information content (AvgIpc) is 2.91. The molecule has 0 N–H and O–H groups in total. The number of halogens is 2. The lowest BCUT2D eigenvalue weighted by Crippen LogP contribution is -2.02. The Morgan fingerprint density at radius 1 is 1.26 bits per heavy atom. The number of carbonyl (C=O) groups excluding carboxylic acids is 1. The van der Waals surface area contributed by atoms with Crippen molar-refractivity contribution in [3.05, 3.63) is 57.6 Å². The molecule has 0 atom stereocenters. The summed E-state index contributed by atoms with van der Waals surface area (Å²) in [5.74, 6) is 1.77. The van der Waals surface area contributed by atoms with Crippen LogP contribution >= 0.6 is 35.0 Å². The zero-order valence-electron chi connectivity index (χ0n) is 10.4. The van der Waals surface area contributed by atoms with Gasteiger partial charge in [-0.15, -0.1) is 0 Å². The Bertz CT molecular complexity index is 515. The van der Waals surface area contributed by atoms with Gasteiger partial charge in [0.15, 0.2) is 5.78 Å². The average molecular weight is 313 g/mol. The van der Waals surface area contributed by atoms with Crippen LogP contribution in [0.1, 0.15) is 18.4 Å². The number of hydrogen-bond donors (Lipinski definition) is 0. The number of ketones is 1. The second-order valence-electron chi connectivity index (χ2n) is 4.25. The fourth-order valence-corrected chi connectivity index (χ4v) is 3.50. The molecule has 0 saturated heterocycles. The van der Waals surface area contributed by atoms with Crippen LogP contribution in [0.4, 0.5) is 0 Å². The van der Waals surface area contributed by atoms with Gasteiger partial charge in [0, 0.05) is 28.0 Å². The Labute approximate surface area is 127 Å². The molecule has 0 unspecified atom stereocenters. The summed E-state index contributed by atoms with van der Waals surface area (Å²) in [6.45, 7) is 0. The third kappa shape index (κ3) is 4.13. The molecule has 0 saturated carbocycles. The minimum atomic E-state index is 0.239. The number of allylic oxidation sites excluding steroid dienone is 4. The van der Waals surface area contributed by atoms with Gasteiger partial charge in [-0.2, -0.15) is 11.8 Å². The molecule has 1 nitrogen and oxygen atoms in total. The maximum absolute atomic E-state index is 11.8. The minimum absolute atomic E-state index is 0.239. The monoisotopic (exact) mass is 312 g/mol. The van der Waals surface area contributed by atoms with Gasteiger partial charge in [0.1, 0.15) is 0 Å². The van der Waals surface area contributed by atoms with Crippen LogP contribution in [0.25, 0.3) is 0 Å². The molecule has 1 aliphatic carbocycles. The number of carbonyl (C=O) groups is 1. The molecule has 0 aliphatic heterocycles. The minimum Gasteiger partial charge on any atom is -0.295 e. The second-order valence-corrected chi connectivity index (χ2v) is 6.17. The topological polar surface area (TPSA) is 17.1 Å². The number of Topliss-reactive ketones (excluding diaryl/α,β-unsaturated/α-hetero) is 1. The fraction of sp³-hybridized carbons (Fsp3) is 0.267. The maximum atomic E-state index is 11.8. The van der Waals surface area contributed by atoms with Gasteiger partial charge < -0.3 is 0 Å². The van der Waals surface area contributed by atoms with E-state index in [1.54, 1.807) is 11.8 Å². The zero-order chi connectivity index (χ0) is 13.7. The maximum Gasteiger partial charge on any atom is 0.159 e. The molecule has 0 amide bonds. The van der Waals surface area contributed by atoms with E-state index in [1.807, 2.05) is 36.4 Å². The van der Waals surface area contributed by atoms with Crippen molar-refractivity contribution < 1.29 is 4.79 Å². The summed E-state index contributed by atoms with van der Waals surface area (Å²) in [6, 6.07) is 5.51. The summed E-state index contributed by atoms with van der Waals surface area (Å²) in [7, 11) is 0. The molecule has 0 radical (unpaired) electrons. The number of thioether (sulfide) groups is 1. The van der Waals surface area contributed by atoms with E-state index < -0.39 is 0 Å². The lowest BCUT2D eigenvalue weighted by atomic mass is 10.1. The van der Waals surface area contributed by atoms with Gasteiger partial charge >= 0.3 is 0 Å². The summed E-state index contributed by atoms with van der Waals surface area (Å²) < 4.78 is 0. The quantitative estimate of drug-likeness (QED) is 0.682. The van der Waals surface area contributed by atoms with Gasteiger partial charge in [0.2, 0.25) is 0 Å². The smallest absolute Gasteiger partial charge is 0.159 e. The molecule has 19 heavy (non-hydrogen) atoms. The third-order valence-corrected chi connectivity index (χ3v) is 4.60. The molecule has 100 valence electrons. The van der Waals surface area contributed by atoms with Gasteiger partial charge in [-0.1, -0.05) is 47.5 Å². The van der Waals surface area contributed by atoms with Gasteiger partial charge in [-0.05, 0) is 29.7 Å². The molecule has 0 heterocycles. The molecule has 0 bridgehead atoms. The Morgan fingerprint density at radius 2 is 2.00 bits per heavy atom. The fourth-order valence-electron chi connectivity index (χ4n) is 1.82. The highest BCUT2D eigenvalue weighted by molar-refractivity contribution is 7.98. The molecule has 1 aliphatic rings. The van der Waals surface area contributed by atoms with Crippen molar-refractivity contribution in [1.82, 2.24) is 0 Å². The van der Waals surface area contributed by atoms with E-state index in [-0.39, 0.29) is 5.78 Å². The van der Waals surface area contributed by atoms with Crippen LogP contribution in [0.2, 0.25) is 10.0 Å². The van der Waals surface area contributed by atoms with Crippen LogP contribution < -0.4 is 0 Å². The first-order valence-corrected chi connectivity index (χ1v) is 7.99. The Hall–Kier alpha value is -0.700. The Balaban J connectivity index is 1.76. The summed E-state index contributed by atoms with van der Waals surface area (Å²) in [4.78, 5) is 11.8. The first kappa shape index (κ1) is 14.7. The molecule has 0 aromatic heterocycles. The zero-order valence-corrected chi connectivity index (χ0v) is 12.7. The third-order valence-electron chi connectivity index (χ3n) is 2.91. The van der Waals surface area contributed by atoms with Crippen LogP contribution in [0.15, 0.2) is 42.0 Å². The predicted octanol–water partition coefficient (Wildman–Crippen LogP) is 5.07. The first-order valence-electron chi connectivity index (χ1n) is 6.08. The van der Waals surface area contributed by atoms with Crippen molar-refractivity contribution in [2.24, 2.45) is 0 Å². The molecular formula is C15H14Cl2OS. The standard InChI is InChI=1S/C15H14Cl2OS/c16-13-6-3-7-14(17)12(13)10-19-9-8-15(18)11-4-1-2-5-11/h1-4,6-7H,5,8-10H2. The van der Waals surface area contributed by atoms with E-state index in [4.69, 9.17) is 23.2 Å². The molecule has 4 heteroatoms. The molecule has 2 rings (SSSR count). The van der Waals surface area contributed by atoms with Crippen molar-refractivity contribution in [2.45, 2.75) is 18.6 Å². The van der Waals surface area contributed by atoms with E-state index in [0.29, 0.717) is 16.5 Å². The lowest BCUT2D eigenvalue weighted by Gasteiger charge is -2.06. The van der Waals surface area contributed by atoms with Crippen LogP contribution in [-0.4, -0.2) is 11.5 Å². The van der Waals surface area contributed by atoms with Crippen LogP contribution in [0.3, 0.4) is 0 Å². The second kappa shape index (κ2) is 7.18. The largest absolute Gasteiger partial charge is 0.295 e. The highest BCUT2D eigenvalue weighted by atomic mass is 35.5. The number of rotatable bonds is 6. The van der Waals surface area contributed by atoms with E-state index in [0.717, 1.165) is 29.1 Å². The van der Waals surface area contributed by atoms with E-state index >= 15 is 0 Å².